The topological polar surface area (TPSA) is 50.4 Å². The number of carbonyl (C=O) groups excluding carboxylic acids is 1. The first-order valence-electron chi connectivity index (χ1n) is 6.83. The Hall–Kier alpha value is -0.610. The zero-order chi connectivity index (χ0) is 12.3. The molecule has 4 nitrogen and oxygen atoms in total. The highest BCUT2D eigenvalue weighted by atomic mass is 16.5. The van der Waals surface area contributed by atoms with E-state index >= 15 is 0 Å². The second kappa shape index (κ2) is 5.36. The van der Waals surface area contributed by atoms with Gasteiger partial charge in [-0.3, -0.25) is 4.79 Å². The van der Waals surface area contributed by atoms with Crippen LogP contribution in [0.1, 0.15) is 39.5 Å². The van der Waals surface area contributed by atoms with E-state index in [0.717, 1.165) is 45.4 Å². The third-order valence-electron chi connectivity index (χ3n) is 4.34. The highest BCUT2D eigenvalue weighted by Gasteiger charge is 2.39. The van der Waals surface area contributed by atoms with Crippen LogP contribution in [0.3, 0.4) is 0 Å². The van der Waals surface area contributed by atoms with Crippen molar-refractivity contribution in [3.63, 3.8) is 0 Å². The van der Waals surface area contributed by atoms with E-state index in [1.165, 1.54) is 0 Å². The predicted molar refractivity (Wildman–Crippen MR) is 66.8 cm³/mol. The Bertz CT molecular complexity index is 275. The van der Waals surface area contributed by atoms with Crippen molar-refractivity contribution in [2.45, 2.75) is 51.2 Å². The summed E-state index contributed by atoms with van der Waals surface area (Å²) in [5, 5.41) is 6.47. The molecule has 2 saturated heterocycles. The molecule has 0 bridgehead atoms. The Morgan fingerprint density at radius 1 is 1.59 bits per heavy atom. The number of nitrogens with one attached hydrogen (secondary N) is 2. The van der Waals surface area contributed by atoms with Crippen LogP contribution in [-0.4, -0.2) is 37.2 Å². The summed E-state index contributed by atoms with van der Waals surface area (Å²) < 4.78 is 5.51. The molecule has 0 aromatic rings. The van der Waals surface area contributed by atoms with Crippen LogP contribution in [0, 0.1) is 5.92 Å². The van der Waals surface area contributed by atoms with E-state index < -0.39 is 0 Å². The van der Waals surface area contributed by atoms with Gasteiger partial charge in [-0.15, -0.1) is 0 Å². The predicted octanol–water partition coefficient (Wildman–Crippen LogP) is 1.06. The summed E-state index contributed by atoms with van der Waals surface area (Å²) in [7, 11) is 0. The maximum Gasteiger partial charge on any atom is 0.240 e. The molecule has 2 fully saturated rings. The summed E-state index contributed by atoms with van der Waals surface area (Å²) in [5.41, 5.74) is -0.303. The Kier molecular flexibility index (Phi) is 4.05. The molecule has 0 saturated carbocycles. The van der Waals surface area contributed by atoms with Crippen molar-refractivity contribution >= 4 is 5.91 Å². The summed E-state index contributed by atoms with van der Waals surface area (Å²) in [4.78, 5) is 12.2. The molecule has 1 amide bonds. The maximum atomic E-state index is 12.2. The van der Waals surface area contributed by atoms with Crippen LogP contribution in [0.2, 0.25) is 0 Å². The van der Waals surface area contributed by atoms with Crippen molar-refractivity contribution in [1.29, 1.82) is 0 Å². The Balaban J connectivity index is 1.84. The highest BCUT2D eigenvalue weighted by Crippen LogP contribution is 2.24. The minimum atomic E-state index is -0.303. The molecule has 2 aliphatic heterocycles. The largest absolute Gasteiger partial charge is 0.378 e. The van der Waals surface area contributed by atoms with E-state index in [-0.39, 0.29) is 17.6 Å². The van der Waals surface area contributed by atoms with Gasteiger partial charge in [0, 0.05) is 19.1 Å². The molecular weight excluding hydrogens is 216 g/mol. The number of carbonyl (C=O) groups is 1. The van der Waals surface area contributed by atoms with Crippen LogP contribution in [0.5, 0.6) is 0 Å². The number of ether oxygens (including phenoxy) is 1. The van der Waals surface area contributed by atoms with Crippen molar-refractivity contribution in [2.75, 3.05) is 19.7 Å². The average molecular weight is 240 g/mol. The molecule has 0 aromatic heterocycles. The number of amides is 1. The monoisotopic (exact) mass is 240 g/mol. The van der Waals surface area contributed by atoms with Gasteiger partial charge >= 0.3 is 0 Å². The van der Waals surface area contributed by atoms with Gasteiger partial charge < -0.3 is 15.4 Å². The van der Waals surface area contributed by atoms with Crippen LogP contribution < -0.4 is 10.6 Å². The van der Waals surface area contributed by atoms with E-state index in [0.29, 0.717) is 5.92 Å². The van der Waals surface area contributed by atoms with Crippen LogP contribution in [-0.2, 0) is 9.53 Å². The van der Waals surface area contributed by atoms with Gasteiger partial charge in [-0.1, -0.05) is 6.92 Å². The van der Waals surface area contributed by atoms with Gasteiger partial charge in [-0.05, 0) is 39.2 Å². The van der Waals surface area contributed by atoms with E-state index in [4.69, 9.17) is 4.74 Å². The Morgan fingerprint density at radius 2 is 2.41 bits per heavy atom. The summed E-state index contributed by atoms with van der Waals surface area (Å²) in [6, 6.07) is 0. The fourth-order valence-electron chi connectivity index (χ4n) is 2.90. The highest BCUT2D eigenvalue weighted by molar-refractivity contribution is 5.86. The number of rotatable bonds is 4. The van der Waals surface area contributed by atoms with E-state index in [9.17, 15) is 4.79 Å². The lowest BCUT2D eigenvalue weighted by Crippen LogP contribution is -2.54. The normalized spacial score (nSPS) is 37.3. The zero-order valence-corrected chi connectivity index (χ0v) is 10.9. The van der Waals surface area contributed by atoms with Crippen molar-refractivity contribution < 1.29 is 9.53 Å². The summed E-state index contributed by atoms with van der Waals surface area (Å²) in [6.07, 6.45) is 4.28. The van der Waals surface area contributed by atoms with E-state index in [1.807, 2.05) is 0 Å². The molecule has 17 heavy (non-hydrogen) atoms. The van der Waals surface area contributed by atoms with Gasteiger partial charge in [-0.2, -0.15) is 0 Å². The van der Waals surface area contributed by atoms with Crippen LogP contribution >= 0.6 is 0 Å². The lowest BCUT2D eigenvalue weighted by molar-refractivity contribution is -0.127. The minimum Gasteiger partial charge on any atom is -0.378 e. The summed E-state index contributed by atoms with van der Waals surface area (Å²) >= 11 is 0. The fourth-order valence-corrected chi connectivity index (χ4v) is 2.90. The molecule has 2 aliphatic rings. The second-order valence-electron chi connectivity index (χ2n) is 5.30. The van der Waals surface area contributed by atoms with Crippen LogP contribution in [0.15, 0.2) is 0 Å². The van der Waals surface area contributed by atoms with Gasteiger partial charge in [-0.25, -0.2) is 0 Å². The first-order chi connectivity index (χ1) is 8.18. The number of hydrogen-bond acceptors (Lipinski definition) is 3. The van der Waals surface area contributed by atoms with Crippen LogP contribution in [0.4, 0.5) is 0 Å². The second-order valence-corrected chi connectivity index (χ2v) is 5.30. The van der Waals surface area contributed by atoms with Crippen molar-refractivity contribution in [3.8, 4) is 0 Å². The standard InChI is InChI=1S/C13H24N2O2/c1-3-13(6-4-7-15-13)12(16)14-9-11-5-8-17-10(11)2/h10-11,15H,3-9H2,1-2H3,(H,14,16). The molecule has 0 aromatic carbocycles. The van der Waals surface area contributed by atoms with Crippen molar-refractivity contribution in [3.05, 3.63) is 0 Å². The van der Waals surface area contributed by atoms with E-state index in [1.54, 1.807) is 0 Å². The van der Waals surface area contributed by atoms with Gasteiger partial charge in [0.25, 0.3) is 0 Å². The van der Waals surface area contributed by atoms with Crippen molar-refractivity contribution in [1.82, 2.24) is 10.6 Å². The van der Waals surface area contributed by atoms with E-state index in [2.05, 4.69) is 24.5 Å². The fraction of sp³-hybridized carbons (Fsp3) is 0.923. The SMILES string of the molecule is CCC1(C(=O)NCC2CCOC2C)CCCN1. The van der Waals surface area contributed by atoms with Gasteiger partial charge in [0.15, 0.2) is 0 Å². The Morgan fingerprint density at radius 3 is 2.94 bits per heavy atom. The molecule has 2 heterocycles. The lowest BCUT2D eigenvalue weighted by Gasteiger charge is -2.27. The first kappa shape index (κ1) is 12.8. The zero-order valence-electron chi connectivity index (χ0n) is 10.9. The van der Waals surface area contributed by atoms with Gasteiger partial charge in [0.05, 0.1) is 11.6 Å². The molecule has 2 N–H and O–H groups in total. The molecule has 4 heteroatoms. The summed E-state index contributed by atoms with van der Waals surface area (Å²) in [6.45, 7) is 6.72. The van der Waals surface area contributed by atoms with Gasteiger partial charge in [0.1, 0.15) is 0 Å². The quantitative estimate of drug-likeness (QED) is 0.772. The molecule has 0 spiro atoms. The third-order valence-corrected chi connectivity index (χ3v) is 4.34. The summed E-state index contributed by atoms with van der Waals surface area (Å²) in [5.74, 6) is 0.658. The maximum absolute atomic E-state index is 12.2. The average Bonchev–Trinajstić information content (AvgIpc) is 2.95. The third kappa shape index (κ3) is 2.63. The lowest BCUT2D eigenvalue weighted by atomic mass is 9.92. The van der Waals surface area contributed by atoms with Crippen molar-refractivity contribution in [2.24, 2.45) is 5.92 Å². The Labute approximate surface area is 103 Å². The molecule has 3 unspecified atom stereocenters. The minimum absolute atomic E-state index is 0.177. The molecule has 3 atom stereocenters. The molecule has 2 rings (SSSR count). The molecule has 0 aliphatic carbocycles. The number of hydrogen-bond donors (Lipinski definition) is 2. The first-order valence-corrected chi connectivity index (χ1v) is 6.83. The van der Waals surface area contributed by atoms with Gasteiger partial charge in [0.2, 0.25) is 5.91 Å². The molecule has 98 valence electrons. The smallest absolute Gasteiger partial charge is 0.240 e. The molecule has 0 radical (unpaired) electrons. The van der Waals surface area contributed by atoms with Crippen LogP contribution in [0.25, 0.3) is 0 Å². The molecular formula is C13H24N2O2.